The zero-order valence-corrected chi connectivity index (χ0v) is 7.61. The van der Waals surface area contributed by atoms with E-state index in [4.69, 9.17) is 15.2 Å². The van der Waals surface area contributed by atoms with E-state index in [0.29, 0.717) is 22.4 Å². The highest BCUT2D eigenvalue weighted by atomic mass is 16.7. The maximum absolute atomic E-state index is 11.1. The molecule has 3 rings (SSSR count). The Morgan fingerprint density at radius 1 is 1.33 bits per heavy atom. The molecule has 6 nitrogen and oxygen atoms in total. The highest BCUT2D eigenvalue weighted by Crippen LogP contribution is 2.36. The van der Waals surface area contributed by atoms with Gasteiger partial charge in [-0.15, -0.1) is 0 Å². The van der Waals surface area contributed by atoms with Gasteiger partial charge in [0.2, 0.25) is 6.79 Å². The van der Waals surface area contributed by atoms with Crippen LogP contribution < -0.4 is 20.9 Å². The summed E-state index contributed by atoms with van der Waals surface area (Å²) in [5, 5.41) is 0.652. The summed E-state index contributed by atoms with van der Waals surface area (Å²) in [4.78, 5) is 17.3. The molecule has 0 bridgehead atoms. The number of benzene rings is 1. The maximum atomic E-state index is 11.1. The molecule has 0 fully saturated rings. The van der Waals surface area contributed by atoms with Crippen molar-refractivity contribution < 1.29 is 9.47 Å². The standard InChI is InChI=1S/C9H7N3O3/c10-8-4-1-6-7(15-3-14-6)2-5(4)11-9(13)12-8/h1-2H,3H2,(H3,10,11,12,13). The van der Waals surface area contributed by atoms with E-state index >= 15 is 0 Å². The lowest BCUT2D eigenvalue weighted by molar-refractivity contribution is 0.174. The van der Waals surface area contributed by atoms with Crippen LogP contribution >= 0.6 is 0 Å². The number of nitrogens with two attached hydrogens (primary N) is 1. The van der Waals surface area contributed by atoms with Crippen LogP contribution in [0.2, 0.25) is 0 Å². The van der Waals surface area contributed by atoms with Crippen molar-refractivity contribution in [1.82, 2.24) is 9.97 Å². The van der Waals surface area contributed by atoms with Gasteiger partial charge in [0.25, 0.3) is 0 Å². The molecule has 0 saturated carbocycles. The molecule has 6 heteroatoms. The molecule has 1 aliphatic rings. The second-order valence-electron chi connectivity index (χ2n) is 3.18. The second kappa shape index (κ2) is 2.63. The Hall–Kier alpha value is -2.24. The maximum Gasteiger partial charge on any atom is 0.347 e. The fourth-order valence-corrected chi connectivity index (χ4v) is 1.57. The number of anilines is 1. The molecule has 0 unspecified atom stereocenters. The van der Waals surface area contributed by atoms with Gasteiger partial charge in [-0.3, -0.25) is 0 Å². The molecular formula is C9H7N3O3. The summed E-state index contributed by atoms with van der Waals surface area (Å²) in [6.07, 6.45) is 0. The Morgan fingerprint density at radius 3 is 2.87 bits per heavy atom. The summed E-state index contributed by atoms with van der Waals surface area (Å²) < 4.78 is 10.4. The number of nitrogens with zero attached hydrogens (tertiary/aromatic N) is 1. The van der Waals surface area contributed by atoms with Gasteiger partial charge in [-0.25, -0.2) is 4.79 Å². The van der Waals surface area contributed by atoms with Crippen LogP contribution in [-0.4, -0.2) is 16.8 Å². The molecule has 0 atom stereocenters. The largest absolute Gasteiger partial charge is 0.454 e. The third kappa shape index (κ3) is 1.11. The number of hydrogen-bond donors (Lipinski definition) is 2. The number of rotatable bonds is 0. The van der Waals surface area contributed by atoms with Crippen LogP contribution in [0.1, 0.15) is 0 Å². The molecule has 15 heavy (non-hydrogen) atoms. The number of hydrogen-bond acceptors (Lipinski definition) is 5. The van der Waals surface area contributed by atoms with E-state index in [-0.39, 0.29) is 12.6 Å². The van der Waals surface area contributed by atoms with Gasteiger partial charge < -0.3 is 20.2 Å². The normalized spacial score (nSPS) is 13.3. The van der Waals surface area contributed by atoms with Crippen LogP contribution in [0, 0.1) is 0 Å². The third-order valence-electron chi connectivity index (χ3n) is 2.25. The smallest absolute Gasteiger partial charge is 0.347 e. The van der Waals surface area contributed by atoms with E-state index in [1.54, 1.807) is 12.1 Å². The molecule has 2 heterocycles. The molecule has 0 saturated heterocycles. The van der Waals surface area contributed by atoms with Gasteiger partial charge in [0, 0.05) is 11.5 Å². The molecule has 1 aromatic heterocycles. The van der Waals surface area contributed by atoms with Crippen LogP contribution in [0.15, 0.2) is 16.9 Å². The summed E-state index contributed by atoms with van der Waals surface area (Å²) in [6.45, 7) is 0.184. The van der Waals surface area contributed by atoms with Gasteiger partial charge >= 0.3 is 5.69 Å². The van der Waals surface area contributed by atoms with Crippen LogP contribution in [0.3, 0.4) is 0 Å². The zero-order valence-electron chi connectivity index (χ0n) is 7.61. The number of fused-ring (bicyclic) bond motifs is 2. The first-order valence-electron chi connectivity index (χ1n) is 4.33. The van der Waals surface area contributed by atoms with Crippen LogP contribution in [0.4, 0.5) is 5.82 Å². The number of aromatic amines is 1. The minimum absolute atomic E-state index is 0.184. The Bertz CT molecular complexity index is 605. The summed E-state index contributed by atoms with van der Waals surface area (Å²) in [5.74, 6) is 1.40. The quantitative estimate of drug-likeness (QED) is 0.642. The van der Waals surface area contributed by atoms with Crippen LogP contribution in [-0.2, 0) is 0 Å². The van der Waals surface area contributed by atoms with Crippen molar-refractivity contribution in [2.45, 2.75) is 0 Å². The highest BCUT2D eigenvalue weighted by molar-refractivity contribution is 5.90. The molecule has 0 aliphatic carbocycles. The Morgan fingerprint density at radius 2 is 2.07 bits per heavy atom. The van der Waals surface area contributed by atoms with Gasteiger partial charge in [-0.1, -0.05) is 0 Å². The summed E-state index contributed by atoms with van der Waals surface area (Å²) >= 11 is 0. The predicted molar refractivity (Wildman–Crippen MR) is 52.9 cm³/mol. The summed E-state index contributed by atoms with van der Waals surface area (Å²) in [7, 11) is 0. The fourth-order valence-electron chi connectivity index (χ4n) is 1.57. The molecule has 76 valence electrons. The average molecular weight is 205 g/mol. The highest BCUT2D eigenvalue weighted by Gasteiger charge is 2.15. The van der Waals surface area contributed by atoms with Gasteiger partial charge in [0.05, 0.1) is 5.52 Å². The molecule has 3 N–H and O–H groups in total. The molecule has 2 aromatic rings. The van der Waals surface area contributed by atoms with E-state index in [1.807, 2.05) is 0 Å². The molecule has 0 radical (unpaired) electrons. The molecule has 0 amide bonds. The average Bonchev–Trinajstić information content (AvgIpc) is 2.61. The first-order chi connectivity index (χ1) is 7.24. The van der Waals surface area contributed by atoms with Crippen molar-refractivity contribution >= 4 is 16.7 Å². The van der Waals surface area contributed by atoms with Crippen molar-refractivity contribution in [1.29, 1.82) is 0 Å². The number of aromatic nitrogens is 2. The van der Waals surface area contributed by atoms with E-state index < -0.39 is 5.69 Å². The zero-order chi connectivity index (χ0) is 10.4. The van der Waals surface area contributed by atoms with Crippen LogP contribution in [0.25, 0.3) is 10.9 Å². The number of nitrogens with one attached hydrogen (secondary N) is 1. The summed E-state index contributed by atoms with van der Waals surface area (Å²) in [5.41, 5.74) is 5.74. The lowest BCUT2D eigenvalue weighted by Gasteiger charge is -2.02. The van der Waals surface area contributed by atoms with Gasteiger partial charge in [0.15, 0.2) is 11.5 Å². The van der Waals surface area contributed by atoms with Crippen molar-refractivity contribution in [3.8, 4) is 11.5 Å². The Balaban J connectivity index is 2.43. The van der Waals surface area contributed by atoms with E-state index in [1.165, 1.54) is 0 Å². The van der Waals surface area contributed by atoms with Gasteiger partial charge in [-0.2, -0.15) is 4.98 Å². The SMILES string of the molecule is Nc1nc(=O)[nH]c2cc3c(cc12)OCO3. The molecular weight excluding hydrogens is 198 g/mol. The van der Waals surface area contributed by atoms with Gasteiger partial charge in [-0.05, 0) is 6.07 Å². The Kier molecular flexibility index (Phi) is 1.42. The van der Waals surface area contributed by atoms with E-state index in [0.717, 1.165) is 0 Å². The number of ether oxygens (including phenoxy) is 2. The lowest BCUT2D eigenvalue weighted by atomic mass is 10.2. The number of H-pyrrole nitrogens is 1. The van der Waals surface area contributed by atoms with Gasteiger partial charge in [0.1, 0.15) is 5.82 Å². The minimum atomic E-state index is -0.473. The first-order valence-corrected chi connectivity index (χ1v) is 4.33. The molecule has 0 spiro atoms. The first kappa shape index (κ1) is 8.10. The van der Waals surface area contributed by atoms with Crippen molar-refractivity contribution in [2.24, 2.45) is 0 Å². The Labute approximate surface area is 83.6 Å². The summed E-state index contributed by atoms with van der Waals surface area (Å²) in [6, 6.07) is 3.38. The lowest BCUT2D eigenvalue weighted by Crippen LogP contribution is -2.12. The monoisotopic (exact) mass is 205 g/mol. The topological polar surface area (TPSA) is 90.2 Å². The number of nitrogen functional groups attached to an aromatic ring is 1. The molecule has 1 aromatic carbocycles. The van der Waals surface area contributed by atoms with E-state index in [9.17, 15) is 4.79 Å². The fraction of sp³-hybridized carbons (Fsp3) is 0.111. The predicted octanol–water partition coefficient (Wildman–Crippen LogP) is 0.234. The molecule has 1 aliphatic heterocycles. The van der Waals surface area contributed by atoms with Crippen LogP contribution in [0.5, 0.6) is 11.5 Å². The van der Waals surface area contributed by atoms with Crippen molar-refractivity contribution in [2.75, 3.05) is 12.5 Å². The second-order valence-corrected chi connectivity index (χ2v) is 3.18. The van der Waals surface area contributed by atoms with Crippen molar-refractivity contribution in [3.63, 3.8) is 0 Å². The third-order valence-corrected chi connectivity index (χ3v) is 2.25. The van der Waals surface area contributed by atoms with E-state index in [2.05, 4.69) is 9.97 Å². The van der Waals surface area contributed by atoms with Crippen molar-refractivity contribution in [3.05, 3.63) is 22.6 Å². The minimum Gasteiger partial charge on any atom is -0.454 e.